The summed E-state index contributed by atoms with van der Waals surface area (Å²) in [6.07, 6.45) is -1.85. The summed E-state index contributed by atoms with van der Waals surface area (Å²) in [5.74, 6) is -0.471. The molecule has 2 aromatic rings. The van der Waals surface area contributed by atoms with Gasteiger partial charge < -0.3 is 20.1 Å². The van der Waals surface area contributed by atoms with Crippen LogP contribution in [0.5, 0.6) is 11.5 Å². The van der Waals surface area contributed by atoms with Gasteiger partial charge in [0.2, 0.25) is 0 Å². The first kappa shape index (κ1) is 17.0. The average molecular weight is 365 g/mol. The Bertz CT molecular complexity index is 859. The summed E-state index contributed by atoms with van der Waals surface area (Å²) in [7, 11) is 1.53. The summed E-state index contributed by atoms with van der Waals surface area (Å²) < 4.78 is 24.0. The van der Waals surface area contributed by atoms with Crippen LogP contribution in [0.4, 0.5) is 14.9 Å². The van der Waals surface area contributed by atoms with Gasteiger partial charge in [0, 0.05) is 19.5 Å². The van der Waals surface area contributed by atoms with Crippen molar-refractivity contribution < 1.29 is 23.5 Å². The number of carbonyl (C=O) groups is 2. The zero-order valence-corrected chi connectivity index (χ0v) is 13.9. The zero-order valence-electron chi connectivity index (χ0n) is 13.2. The molecule has 130 valence electrons. The Morgan fingerprint density at radius 2 is 2.08 bits per heavy atom. The van der Waals surface area contributed by atoms with Crippen LogP contribution >= 0.6 is 11.6 Å². The van der Waals surface area contributed by atoms with E-state index < -0.39 is 23.9 Å². The molecule has 1 aliphatic rings. The van der Waals surface area contributed by atoms with Crippen LogP contribution in [0, 0.1) is 5.82 Å². The Hall–Kier alpha value is -2.80. The van der Waals surface area contributed by atoms with Crippen molar-refractivity contribution in [3.63, 3.8) is 0 Å². The van der Waals surface area contributed by atoms with E-state index in [4.69, 9.17) is 26.8 Å². The van der Waals surface area contributed by atoms with Gasteiger partial charge in [0.1, 0.15) is 11.6 Å². The van der Waals surface area contributed by atoms with Gasteiger partial charge in [-0.3, -0.25) is 4.79 Å². The summed E-state index contributed by atoms with van der Waals surface area (Å²) in [5.41, 5.74) is 6.23. The number of primary amides is 1. The molecule has 3 rings (SSSR count). The number of para-hydroxylation sites is 1. The van der Waals surface area contributed by atoms with Crippen LogP contribution in [-0.2, 0) is 16.0 Å². The second-order valence-electron chi connectivity index (χ2n) is 5.47. The first-order chi connectivity index (χ1) is 11.9. The van der Waals surface area contributed by atoms with Crippen LogP contribution in [0.1, 0.15) is 5.56 Å². The highest BCUT2D eigenvalue weighted by Crippen LogP contribution is 2.40. The van der Waals surface area contributed by atoms with Gasteiger partial charge in [-0.1, -0.05) is 23.7 Å². The van der Waals surface area contributed by atoms with Gasteiger partial charge >= 0.3 is 6.09 Å². The van der Waals surface area contributed by atoms with E-state index in [1.54, 1.807) is 18.2 Å². The quantitative estimate of drug-likeness (QED) is 0.906. The van der Waals surface area contributed by atoms with Crippen LogP contribution in [0.15, 0.2) is 36.4 Å². The molecule has 0 aromatic heterocycles. The molecule has 1 aliphatic heterocycles. The van der Waals surface area contributed by atoms with Crippen molar-refractivity contribution in [1.29, 1.82) is 0 Å². The fourth-order valence-electron chi connectivity index (χ4n) is 2.71. The van der Waals surface area contributed by atoms with Crippen molar-refractivity contribution in [3.8, 4) is 11.5 Å². The monoisotopic (exact) mass is 364 g/mol. The highest BCUT2D eigenvalue weighted by atomic mass is 35.5. The number of benzene rings is 2. The second-order valence-corrected chi connectivity index (χ2v) is 5.87. The number of amides is 2. The largest absolute Gasteiger partial charge is 0.453 e. The van der Waals surface area contributed by atoms with Crippen molar-refractivity contribution in [2.45, 2.75) is 12.5 Å². The summed E-state index contributed by atoms with van der Waals surface area (Å²) in [4.78, 5) is 24.7. The van der Waals surface area contributed by atoms with Crippen molar-refractivity contribution in [1.82, 2.24) is 0 Å². The van der Waals surface area contributed by atoms with Crippen LogP contribution in [0.3, 0.4) is 0 Å². The topological polar surface area (TPSA) is 81.9 Å². The Balaban J connectivity index is 1.98. The van der Waals surface area contributed by atoms with E-state index in [2.05, 4.69) is 0 Å². The highest BCUT2D eigenvalue weighted by molar-refractivity contribution is 6.32. The number of ether oxygens (including phenoxy) is 2. The molecule has 8 heteroatoms. The Morgan fingerprint density at radius 3 is 2.80 bits per heavy atom. The number of fused-ring (bicyclic) bond motifs is 1. The minimum absolute atomic E-state index is 0.131. The second kappa shape index (κ2) is 6.60. The number of anilines is 1. The molecule has 0 saturated heterocycles. The third kappa shape index (κ3) is 3.36. The number of halogens is 2. The van der Waals surface area contributed by atoms with Gasteiger partial charge in [0.25, 0.3) is 5.91 Å². The van der Waals surface area contributed by atoms with Gasteiger partial charge in [-0.15, -0.1) is 0 Å². The third-order valence-electron chi connectivity index (χ3n) is 3.80. The van der Waals surface area contributed by atoms with Gasteiger partial charge in [-0.25, -0.2) is 9.18 Å². The smallest absolute Gasteiger partial charge is 0.405 e. The molecule has 1 heterocycles. The lowest BCUT2D eigenvalue weighted by Gasteiger charge is -2.32. The lowest BCUT2D eigenvalue weighted by Crippen LogP contribution is -2.45. The van der Waals surface area contributed by atoms with Crippen LogP contribution < -0.4 is 15.4 Å². The van der Waals surface area contributed by atoms with E-state index >= 15 is 0 Å². The van der Waals surface area contributed by atoms with Gasteiger partial charge in [0.05, 0.1) is 10.7 Å². The standard InChI is InChI=1S/C17H14ClFN2O4/c1-21-15-9(7-14(16(21)22)25-17(20)23)3-2-4-12(15)24-13-8-10(19)5-6-11(13)18/h2-6,8,14H,7H2,1H3,(H2,20,23). The number of carbonyl (C=O) groups excluding carboxylic acids is 2. The SMILES string of the molecule is CN1C(=O)C(OC(N)=O)Cc2cccc(Oc3cc(F)ccc3Cl)c21. The normalized spacial score (nSPS) is 16.4. The molecule has 0 saturated carbocycles. The van der Waals surface area contributed by atoms with Crippen LogP contribution in [-0.4, -0.2) is 25.2 Å². The number of nitrogens with two attached hydrogens (primary N) is 1. The number of likely N-dealkylation sites (N-methyl/N-ethyl adjacent to an activating group) is 1. The maximum atomic E-state index is 13.4. The van der Waals surface area contributed by atoms with Gasteiger partial charge in [0.15, 0.2) is 11.9 Å². The molecular formula is C17H14ClFN2O4. The van der Waals surface area contributed by atoms with E-state index in [-0.39, 0.29) is 17.2 Å². The summed E-state index contributed by atoms with van der Waals surface area (Å²) in [6.45, 7) is 0. The number of nitrogens with zero attached hydrogens (tertiary/aromatic N) is 1. The molecule has 6 nitrogen and oxygen atoms in total. The van der Waals surface area contributed by atoms with Crippen molar-refractivity contribution in [3.05, 3.63) is 52.8 Å². The number of hydrogen-bond donors (Lipinski definition) is 1. The molecule has 0 radical (unpaired) electrons. The fraction of sp³-hybridized carbons (Fsp3) is 0.176. The lowest BCUT2D eigenvalue weighted by atomic mass is 9.98. The molecule has 25 heavy (non-hydrogen) atoms. The highest BCUT2D eigenvalue weighted by Gasteiger charge is 2.35. The van der Waals surface area contributed by atoms with Crippen molar-refractivity contribution in [2.75, 3.05) is 11.9 Å². The average Bonchev–Trinajstić information content (AvgIpc) is 2.55. The maximum Gasteiger partial charge on any atom is 0.405 e. The summed E-state index contributed by atoms with van der Waals surface area (Å²) in [6, 6.07) is 8.89. The molecule has 0 bridgehead atoms. The Kier molecular flexibility index (Phi) is 4.50. The van der Waals surface area contributed by atoms with Crippen molar-refractivity contribution in [2.24, 2.45) is 5.73 Å². The van der Waals surface area contributed by atoms with Gasteiger partial charge in [-0.2, -0.15) is 0 Å². The molecule has 2 N–H and O–H groups in total. The minimum Gasteiger partial charge on any atom is -0.453 e. The first-order valence-electron chi connectivity index (χ1n) is 7.35. The minimum atomic E-state index is -1.02. The summed E-state index contributed by atoms with van der Waals surface area (Å²) in [5, 5.41) is 0.235. The van der Waals surface area contributed by atoms with Crippen LogP contribution in [0.25, 0.3) is 0 Å². The molecule has 0 spiro atoms. The fourth-order valence-corrected chi connectivity index (χ4v) is 2.87. The molecule has 1 unspecified atom stereocenters. The number of rotatable bonds is 3. The predicted molar refractivity (Wildman–Crippen MR) is 89.5 cm³/mol. The molecule has 2 aromatic carbocycles. The third-order valence-corrected chi connectivity index (χ3v) is 4.11. The Labute approximate surface area is 147 Å². The summed E-state index contributed by atoms with van der Waals surface area (Å²) >= 11 is 6.03. The van der Waals surface area contributed by atoms with Gasteiger partial charge in [-0.05, 0) is 23.8 Å². The zero-order chi connectivity index (χ0) is 18.1. The van der Waals surface area contributed by atoms with E-state index in [0.717, 1.165) is 11.6 Å². The molecule has 0 aliphatic carbocycles. The molecule has 2 amide bonds. The lowest BCUT2D eigenvalue weighted by molar-refractivity contribution is -0.126. The maximum absolute atomic E-state index is 13.4. The molecule has 1 atom stereocenters. The van der Waals surface area contributed by atoms with Crippen LogP contribution in [0.2, 0.25) is 5.02 Å². The van der Waals surface area contributed by atoms with E-state index in [9.17, 15) is 14.0 Å². The number of hydrogen-bond acceptors (Lipinski definition) is 4. The van der Waals surface area contributed by atoms with Crippen molar-refractivity contribution >= 4 is 29.3 Å². The Morgan fingerprint density at radius 1 is 1.32 bits per heavy atom. The van der Waals surface area contributed by atoms with E-state index in [0.29, 0.717) is 11.4 Å². The predicted octanol–water partition coefficient (Wildman–Crippen LogP) is 3.25. The molecular weight excluding hydrogens is 351 g/mol. The van der Waals surface area contributed by atoms with E-state index in [1.807, 2.05) is 0 Å². The molecule has 0 fully saturated rings. The van der Waals surface area contributed by atoms with E-state index in [1.165, 1.54) is 24.1 Å². The first-order valence-corrected chi connectivity index (χ1v) is 7.73.